The molecule has 0 bridgehead atoms. The van der Waals surface area contributed by atoms with Gasteiger partial charge in [-0.15, -0.1) is 5.10 Å². The third kappa shape index (κ3) is 5.38. The van der Waals surface area contributed by atoms with E-state index in [0.29, 0.717) is 16.6 Å². The van der Waals surface area contributed by atoms with Crippen molar-refractivity contribution in [2.24, 2.45) is 0 Å². The van der Waals surface area contributed by atoms with Crippen molar-refractivity contribution in [1.29, 1.82) is 0 Å². The molecule has 0 aliphatic heterocycles. The first-order chi connectivity index (χ1) is 17.4. The van der Waals surface area contributed by atoms with Gasteiger partial charge in [-0.2, -0.15) is 13.2 Å². The van der Waals surface area contributed by atoms with Gasteiger partial charge in [0, 0.05) is 6.54 Å². The zero-order valence-electron chi connectivity index (χ0n) is 19.3. The van der Waals surface area contributed by atoms with Crippen LogP contribution in [-0.2, 0) is 27.4 Å². The van der Waals surface area contributed by atoms with Gasteiger partial charge in [-0.05, 0) is 60.9 Å². The number of hydrogen-bond donors (Lipinski definition) is 1. The third-order valence-corrected chi connectivity index (χ3v) is 7.97. The van der Waals surface area contributed by atoms with Gasteiger partial charge in [0.1, 0.15) is 5.52 Å². The van der Waals surface area contributed by atoms with Gasteiger partial charge in [-0.1, -0.05) is 41.1 Å². The van der Waals surface area contributed by atoms with Crippen LogP contribution in [0.4, 0.5) is 13.2 Å². The Hall–Kier alpha value is -4.06. The Morgan fingerprint density at radius 3 is 2.16 bits per heavy atom. The fourth-order valence-corrected chi connectivity index (χ4v) is 5.37. The van der Waals surface area contributed by atoms with Gasteiger partial charge < -0.3 is 5.11 Å². The highest BCUT2D eigenvalue weighted by Crippen LogP contribution is 2.31. The minimum absolute atomic E-state index is 0.275. The van der Waals surface area contributed by atoms with Gasteiger partial charge in [0.2, 0.25) is 0 Å². The molecule has 192 valence electrons. The van der Waals surface area contributed by atoms with E-state index in [0.717, 1.165) is 22.4 Å². The smallest absolute Gasteiger partial charge is 0.416 e. The number of benzene rings is 3. The molecule has 0 fully saturated rings. The maximum atomic E-state index is 13.1. The van der Waals surface area contributed by atoms with Crippen LogP contribution >= 0.6 is 0 Å². The number of nitrogens with zero attached hydrogens (tertiary/aromatic N) is 3. The fraction of sp³-hybridized carbons (Fsp3) is 0.200. The molecule has 0 radical (unpaired) electrons. The van der Waals surface area contributed by atoms with Crippen LogP contribution in [-0.4, -0.2) is 39.7 Å². The number of aromatic nitrogens is 3. The van der Waals surface area contributed by atoms with E-state index in [2.05, 4.69) is 10.3 Å². The van der Waals surface area contributed by atoms with E-state index in [1.165, 1.54) is 36.4 Å². The van der Waals surface area contributed by atoms with Crippen molar-refractivity contribution in [2.75, 3.05) is 0 Å². The van der Waals surface area contributed by atoms with E-state index in [1.54, 1.807) is 25.1 Å². The van der Waals surface area contributed by atoms with Crippen LogP contribution in [0.5, 0.6) is 0 Å². The molecule has 1 atom stereocenters. The first-order valence-electron chi connectivity index (χ1n) is 11.0. The lowest BCUT2D eigenvalue weighted by molar-refractivity contribution is -0.138. The van der Waals surface area contributed by atoms with E-state index in [4.69, 9.17) is 0 Å². The number of sulfone groups is 1. The standard InChI is InChI=1S/C25H20F3N3O5S/c1-15-2-11-21-20(14-15)23(32)31(30-29-21)13-12-22(24(33)34)37(35,36)19-9-5-17(6-10-19)16-3-7-18(8-4-16)25(26,27)28/h2-11,14,22H,12-13H2,1H3,(H,33,34). The molecule has 3 aromatic carbocycles. The van der Waals surface area contributed by atoms with Crippen LogP contribution in [0.2, 0.25) is 0 Å². The Balaban J connectivity index is 1.56. The third-order valence-electron chi connectivity index (χ3n) is 5.86. The summed E-state index contributed by atoms with van der Waals surface area (Å²) in [7, 11) is -4.37. The molecule has 37 heavy (non-hydrogen) atoms. The van der Waals surface area contributed by atoms with Crippen LogP contribution in [0.15, 0.2) is 76.4 Å². The second kappa shape index (κ2) is 9.77. The first-order valence-corrected chi connectivity index (χ1v) is 12.5. The van der Waals surface area contributed by atoms with Crippen molar-refractivity contribution in [3.8, 4) is 11.1 Å². The van der Waals surface area contributed by atoms with Crippen LogP contribution in [0.1, 0.15) is 17.5 Å². The molecule has 4 rings (SSSR count). The Bertz CT molecular complexity index is 1630. The molecule has 0 amide bonds. The predicted molar refractivity (Wildman–Crippen MR) is 129 cm³/mol. The highest BCUT2D eigenvalue weighted by atomic mass is 32.2. The van der Waals surface area contributed by atoms with E-state index in [9.17, 15) is 36.3 Å². The van der Waals surface area contributed by atoms with Crippen molar-refractivity contribution in [3.63, 3.8) is 0 Å². The van der Waals surface area contributed by atoms with Crippen LogP contribution in [0.3, 0.4) is 0 Å². The van der Waals surface area contributed by atoms with Crippen molar-refractivity contribution < 1.29 is 31.5 Å². The van der Waals surface area contributed by atoms with Crippen molar-refractivity contribution in [3.05, 3.63) is 88.2 Å². The lowest BCUT2D eigenvalue weighted by Crippen LogP contribution is -2.34. The summed E-state index contributed by atoms with van der Waals surface area (Å²) in [5.41, 5.74) is 0.725. The number of carbonyl (C=O) groups is 1. The summed E-state index contributed by atoms with van der Waals surface area (Å²) in [5.74, 6) is -1.59. The van der Waals surface area contributed by atoms with E-state index >= 15 is 0 Å². The molecule has 1 heterocycles. The summed E-state index contributed by atoms with van der Waals surface area (Å²) in [6, 6.07) is 14.5. The zero-order valence-corrected chi connectivity index (χ0v) is 20.1. The molecule has 0 spiro atoms. The Morgan fingerprint density at radius 2 is 1.59 bits per heavy atom. The SMILES string of the molecule is Cc1ccc2nnn(CCC(C(=O)O)S(=O)(=O)c3ccc(-c4ccc(C(F)(F)F)cc4)cc3)c(=O)c2c1. The maximum Gasteiger partial charge on any atom is 0.416 e. The molecular formula is C25H20F3N3O5S. The van der Waals surface area contributed by atoms with Gasteiger partial charge in [0.25, 0.3) is 5.56 Å². The van der Waals surface area contributed by atoms with E-state index in [-0.39, 0.29) is 16.8 Å². The number of aliphatic carboxylic acids is 1. The molecule has 0 aliphatic carbocycles. The second-order valence-electron chi connectivity index (χ2n) is 8.40. The van der Waals surface area contributed by atoms with Crippen LogP contribution < -0.4 is 5.56 Å². The monoisotopic (exact) mass is 531 g/mol. The minimum Gasteiger partial charge on any atom is -0.480 e. The first kappa shape index (κ1) is 26.0. The number of carboxylic acid groups (broad SMARTS) is 1. The summed E-state index contributed by atoms with van der Waals surface area (Å²) in [6.45, 7) is 1.50. The summed E-state index contributed by atoms with van der Waals surface area (Å²) >= 11 is 0. The topological polar surface area (TPSA) is 119 Å². The van der Waals surface area contributed by atoms with Gasteiger partial charge in [-0.3, -0.25) is 9.59 Å². The summed E-state index contributed by atoms with van der Waals surface area (Å²) in [4.78, 5) is 24.3. The second-order valence-corrected chi connectivity index (χ2v) is 10.5. The number of hydrogen-bond acceptors (Lipinski definition) is 6. The summed E-state index contributed by atoms with van der Waals surface area (Å²) < 4.78 is 65.5. The lowest BCUT2D eigenvalue weighted by atomic mass is 10.0. The molecule has 1 unspecified atom stereocenters. The Labute approximate surface area is 208 Å². The number of halogens is 3. The molecular weight excluding hydrogens is 511 g/mol. The maximum absolute atomic E-state index is 13.1. The molecule has 0 aliphatic rings. The number of aryl methyl sites for hydroxylation is 2. The van der Waals surface area contributed by atoms with Crippen molar-refractivity contribution >= 4 is 26.7 Å². The van der Waals surface area contributed by atoms with E-state index < -0.39 is 44.8 Å². The number of alkyl halides is 3. The van der Waals surface area contributed by atoms with Crippen LogP contribution in [0.25, 0.3) is 22.0 Å². The number of fused-ring (bicyclic) bond motifs is 1. The van der Waals surface area contributed by atoms with Crippen LogP contribution in [0, 0.1) is 6.92 Å². The van der Waals surface area contributed by atoms with Gasteiger partial charge in [-0.25, -0.2) is 13.1 Å². The number of rotatable bonds is 7. The largest absolute Gasteiger partial charge is 0.480 e. The molecule has 12 heteroatoms. The zero-order chi connectivity index (χ0) is 27.0. The van der Waals surface area contributed by atoms with Crippen molar-refractivity contribution in [2.45, 2.75) is 36.2 Å². The average Bonchev–Trinajstić information content (AvgIpc) is 2.85. The summed E-state index contributed by atoms with van der Waals surface area (Å²) in [5, 5.41) is 15.8. The van der Waals surface area contributed by atoms with Gasteiger partial charge in [0.15, 0.2) is 15.1 Å². The molecule has 4 aromatic rings. The Morgan fingerprint density at radius 1 is 1.00 bits per heavy atom. The normalized spacial score (nSPS) is 13.0. The quantitative estimate of drug-likeness (QED) is 0.381. The highest BCUT2D eigenvalue weighted by Gasteiger charge is 2.34. The average molecular weight is 532 g/mol. The van der Waals surface area contributed by atoms with Gasteiger partial charge >= 0.3 is 12.1 Å². The summed E-state index contributed by atoms with van der Waals surface area (Å²) in [6.07, 6.45) is -4.92. The molecule has 0 saturated heterocycles. The predicted octanol–water partition coefficient (Wildman–Crippen LogP) is 4.10. The van der Waals surface area contributed by atoms with Crippen molar-refractivity contribution in [1.82, 2.24) is 15.0 Å². The van der Waals surface area contributed by atoms with Gasteiger partial charge in [0.05, 0.1) is 15.8 Å². The molecule has 1 aromatic heterocycles. The minimum atomic E-state index is -4.48. The van der Waals surface area contributed by atoms with E-state index in [1.807, 2.05) is 0 Å². The Kier molecular flexibility index (Phi) is 6.87. The lowest BCUT2D eigenvalue weighted by Gasteiger charge is -2.15. The molecule has 1 N–H and O–H groups in total. The molecule has 8 nitrogen and oxygen atoms in total. The number of carboxylic acids is 1. The molecule has 0 saturated carbocycles. The fourth-order valence-electron chi connectivity index (χ4n) is 3.84. The highest BCUT2D eigenvalue weighted by molar-refractivity contribution is 7.92.